The minimum Gasteiger partial charge on any atom is -0.324 e. The first-order chi connectivity index (χ1) is 13.5. The van der Waals surface area contributed by atoms with E-state index in [-0.39, 0.29) is 22.4 Å². The van der Waals surface area contributed by atoms with Crippen LogP contribution >= 0.6 is 0 Å². The number of hydrogen-bond donors (Lipinski definition) is 1. The highest BCUT2D eigenvalue weighted by atomic mass is 32.2. The zero-order chi connectivity index (χ0) is 21.9. The standard InChI is InChI=1S/C21H26N2O5S/c1-13(2)18-7-6-8-19(14(3)4)20(18)22-21(24)15(5)29(27,28)17-11-9-16(10-12-17)23(25)26/h6-15H,1-5H3,(H,22,24)/t15-/m0/s1. The molecular formula is C21H26N2O5S. The second-order valence-corrected chi connectivity index (χ2v) is 9.82. The molecule has 0 radical (unpaired) electrons. The number of para-hydroxylation sites is 1. The first-order valence-electron chi connectivity index (χ1n) is 9.38. The highest BCUT2D eigenvalue weighted by Crippen LogP contribution is 2.33. The maximum Gasteiger partial charge on any atom is 0.269 e. The molecule has 0 aliphatic heterocycles. The number of amides is 1. The van der Waals surface area contributed by atoms with Crippen LogP contribution in [0.5, 0.6) is 0 Å². The van der Waals surface area contributed by atoms with Crippen LogP contribution in [-0.2, 0) is 14.6 Å². The first kappa shape index (κ1) is 22.5. The number of non-ortho nitro benzene ring substituents is 1. The Labute approximate surface area is 171 Å². The summed E-state index contributed by atoms with van der Waals surface area (Å²) in [5, 5.41) is 12.2. The van der Waals surface area contributed by atoms with Gasteiger partial charge in [0.05, 0.1) is 9.82 Å². The molecule has 0 unspecified atom stereocenters. The zero-order valence-electron chi connectivity index (χ0n) is 17.2. The maximum absolute atomic E-state index is 12.9. The van der Waals surface area contributed by atoms with Crippen molar-refractivity contribution in [2.24, 2.45) is 0 Å². The summed E-state index contributed by atoms with van der Waals surface area (Å²) in [5.74, 6) is -0.352. The van der Waals surface area contributed by atoms with E-state index in [0.717, 1.165) is 35.4 Å². The van der Waals surface area contributed by atoms with E-state index in [1.165, 1.54) is 6.92 Å². The van der Waals surface area contributed by atoms with Gasteiger partial charge < -0.3 is 5.32 Å². The van der Waals surface area contributed by atoms with Gasteiger partial charge in [-0.15, -0.1) is 0 Å². The molecule has 0 bridgehead atoms. The van der Waals surface area contributed by atoms with Gasteiger partial charge in [0.1, 0.15) is 5.25 Å². The van der Waals surface area contributed by atoms with Crippen molar-refractivity contribution in [3.63, 3.8) is 0 Å². The Kier molecular flexibility index (Phi) is 6.79. The van der Waals surface area contributed by atoms with E-state index < -0.39 is 25.9 Å². The van der Waals surface area contributed by atoms with Crippen molar-refractivity contribution in [1.82, 2.24) is 0 Å². The lowest BCUT2D eigenvalue weighted by Gasteiger charge is -2.21. The second-order valence-electron chi connectivity index (χ2n) is 7.55. The van der Waals surface area contributed by atoms with Gasteiger partial charge in [0.2, 0.25) is 5.91 Å². The third-order valence-corrected chi connectivity index (χ3v) is 6.91. The van der Waals surface area contributed by atoms with Crippen LogP contribution in [0.4, 0.5) is 11.4 Å². The lowest BCUT2D eigenvalue weighted by atomic mass is 9.92. The Hall–Kier alpha value is -2.74. The van der Waals surface area contributed by atoms with Gasteiger partial charge in [-0.25, -0.2) is 8.42 Å². The molecule has 0 spiro atoms. The number of nitrogens with one attached hydrogen (secondary N) is 1. The third-order valence-electron chi connectivity index (χ3n) is 4.83. The van der Waals surface area contributed by atoms with Gasteiger partial charge in [-0.05, 0) is 42.0 Å². The molecule has 0 heterocycles. The lowest BCUT2D eigenvalue weighted by Crippen LogP contribution is -2.33. The Morgan fingerprint density at radius 1 is 0.931 bits per heavy atom. The van der Waals surface area contributed by atoms with Crippen LogP contribution in [0, 0.1) is 10.1 Å². The van der Waals surface area contributed by atoms with Crippen molar-refractivity contribution < 1.29 is 18.1 Å². The third kappa shape index (κ3) is 4.82. The highest BCUT2D eigenvalue weighted by Gasteiger charge is 2.31. The number of carbonyl (C=O) groups is 1. The highest BCUT2D eigenvalue weighted by molar-refractivity contribution is 7.92. The molecule has 0 saturated heterocycles. The van der Waals surface area contributed by atoms with Gasteiger partial charge >= 0.3 is 0 Å². The molecule has 29 heavy (non-hydrogen) atoms. The van der Waals surface area contributed by atoms with E-state index in [2.05, 4.69) is 5.32 Å². The Bertz CT molecular complexity index is 986. The summed E-state index contributed by atoms with van der Waals surface area (Å²) in [5.41, 5.74) is 2.30. The fraction of sp³-hybridized carbons (Fsp3) is 0.381. The number of nitro groups is 1. The molecule has 2 rings (SSSR count). The molecular weight excluding hydrogens is 392 g/mol. The molecule has 1 amide bonds. The largest absolute Gasteiger partial charge is 0.324 e. The topological polar surface area (TPSA) is 106 Å². The molecule has 0 fully saturated rings. The number of hydrogen-bond acceptors (Lipinski definition) is 5. The van der Waals surface area contributed by atoms with Crippen LogP contribution in [0.3, 0.4) is 0 Å². The van der Waals surface area contributed by atoms with Crippen LogP contribution in [-0.4, -0.2) is 24.5 Å². The second kappa shape index (κ2) is 8.73. The van der Waals surface area contributed by atoms with E-state index in [1.807, 2.05) is 45.9 Å². The molecule has 0 aliphatic rings. The number of sulfone groups is 1. The van der Waals surface area contributed by atoms with Crippen molar-refractivity contribution in [2.75, 3.05) is 5.32 Å². The molecule has 2 aromatic rings. The maximum atomic E-state index is 12.9. The number of anilines is 1. The van der Waals surface area contributed by atoms with Crippen molar-refractivity contribution in [1.29, 1.82) is 0 Å². The predicted octanol–water partition coefficient (Wildman–Crippen LogP) is 4.64. The average molecular weight is 419 g/mol. The van der Waals surface area contributed by atoms with Crippen LogP contribution in [0.1, 0.15) is 57.6 Å². The lowest BCUT2D eigenvalue weighted by molar-refractivity contribution is -0.384. The number of rotatable bonds is 7. The van der Waals surface area contributed by atoms with Crippen LogP contribution < -0.4 is 5.32 Å². The number of carbonyl (C=O) groups excluding carboxylic acids is 1. The molecule has 156 valence electrons. The normalized spacial score (nSPS) is 12.8. The smallest absolute Gasteiger partial charge is 0.269 e. The van der Waals surface area contributed by atoms with E-state index >= 15 is 0 Å². The summed E-state index contributed by atoms with van der Waals surface area (Å²) in [6, 6.07) is 10.3. The predicted molar refractivity (Wildman–Crippen MR) is 113 cm³/mol. The summed E-state index contributed by atoms with van der Waals surface area (Å²) < 4.78 is 25.7. The van der Waals surface area contributed by atoms with Crippen molar-refractivity contribution in [2.45, 2.75) is 56.6 Å². The van der Waals surface area contributed by atoms with Gasteiger partial charge in [-0.1, -0.05) is 45.9 Å². The van der Waals surface area contributed by atoms with Crippen molar-refractivity contribution in [3.05, 3.63) is 63.7 Å². The summed E-state index contributed by atoms with van der Waals surface area (Å²) in [7, 11) is -4.00. The minimum absolute atomic E-state index is 0.132. The van der Waals surface area contributed by atoms with Gasteiger partial charge in [-0.2, -0.15) is 0 Å². The summed E-state index contributed by atoms with van der Waals surface area (Å²) in [6.45, 7) is 9.34. The molecule has 0 aromatic heterocycles. The monoisotopic (exact) mass is 418 g/mol. The van der Waals surface area contributed by atoms with Crippen molar-refractivity contribution in [3.8, 4) is 0 Å². The van der Waals surface area contributed by atoms with Gasteiger partial charge in [0.25, 0.3) is 5.69 Å². The van der Waals surface area contributed by atoms with Gasteiger partial charge in [0.15, 0.2) is 9.84 Å². The zero-order valence-corrected chi connectivity index (χ0v) is 18.0. The van der Waals surface area contributed by atoms with Crippen molar-refractivity contribution >= 4 is 27.1 Å². The molecule has 2 aromatic carbocycles. The quantitative estimate of drug-likeness (QED) is 0.521. The minimum atomic E-state index is -4.00. The Balaban J connectivity index is 2.37. The first-order valence-corrected chi connectivity index (χ1v) is 10.9. The van der Waals surface area contributed by atoms with E-state index in [0.29, 0.717) is 5.69 Å². The summed E-state index contributed by atoms with van der Waals surface area (Å²) in [6.07, 6.45) is 0. The molecule has 8 heteroatoms. The van der Waals surface area contributed by atoms with Crippen LogP contribution in [0.2, 0.25) is 0 Å². The van der Waals surface area contributed by atoms with E-state index in [1.54, 1.807) is 0 Å². The number of nitro benzene ring substituents is 1. The Morgan fingerprint density at radius 3 is 1.83 bits per heavy atom. The van der Waals surface area contributed by atoms with Crippen LogP contribution in [0.15, 0.2) is 47.4 Å². The Morgan fingerprint density at radius 2 is 1.41 bits per heavy atom. The number of benzene rings is 2. The molecule has 0 saturated carbocycles. The molecule has 1 N–H and O–H groups in total. The fourth-order valence-corrected chi connectivity index (χ4v) is 4.29. The SMILES string of the molecule is CC(C)c1cccc(C(C)C)c1NC(=O)[C@H](C)S(=O)(=O)c1ccc([N+](=O)[O-])cc1. The fourth-order valence-electron chi connectivity index (χ4n) is 3.02. The molecule has 0 aliphatic carbocycles. The van der Waals surface area contributed by atoms with E-state index in [4.69, 9.17) is 0 Å². The molecule has 7 nitrogen and oxygen atoms in total. The summed E-state index contributed by atoms with van der Waals surface area (Å²) >= 11 is 0. The number of nitrogens with zero attached hydrogens (tertiary/aromatic N) is 1. The summed E-state index contributed by atoms with van der Waals surface area (Å²) in [4.78, 5) is 22.9. The van der Waals surface area contributed by atoms with E-state index in [9.17, 15) is 23.3 Å². The average Bonchev–Trinajstić information content (AvgIpc) is 2.67. The van der Waals surface area contributed by atoms with Gasteiger partial charge in [-0.3, -0.25) is 14.9 Å². The van der Waals surface area contributed by atoms with Crippen LogP contribution in [0.25, 0.3) is 0 Å². The van der Waals surface area contributed by atoms with Gasteiger partial charge in [0, 0.05) is 17.8 Å². The molecule has 1 atom stereocenters.